The van der Waals surface area contributed by atoms with Gasteiger partial charge in [0.05, 0.1) is 10.7 Å². The summed E-state index contributed by atoms with van der Waals surface area (Å²) in [5.74, 6) is 1.14. The van der Waals surface area contributed by atoms with Crippen LogP contribution in [0.4, 0.5) is 5.82 Å². The van der Waals surface area contributed by atoms with Crippen LogP contribution in [0.1, 0.15) is 0 Å². The normalized spacial score (nSPS) is 10.7. The fraction of sp³-hybridized carbons (Fsp3) is 0. The Morgan fingerprint density at radius 2 is 1.90 bits per heavy atom. The van der Waals surface area contributed by atoms with E-state index in [0.717, 1.165) is 5.56 Å². The molecule has 2 N–H and O–H groups in total. The van der Waals surface area contributed by atoms with E-state index in [2.05, 4.69) is 10.1 Å². The second-order valence-electron chi connectivity index (χ2n) is 4.18. The minimum absolute atomic E-state index is 0.490. The molecular weight excluding hydrogens is 295 g/mol. The molecule has 3 rings (SSSR count). The number of rotatable bonds is 2. The van der Waals surface area contributed by atoms with Gasteiger partial charge < -0.3 is 5.73 Å². The largest absolute Gasteiger partial charge is 0.384 e. The van der Waals surface area contributed by atoms with Gasteiger partial charge in [0.1, 0.15) is 5.82 Å². The van der Waals surface area contributed by atoms with E-state index in [-0.39, 0.29) is 0 Å². The quantitative estimate of drug-likeness (QED) is 0.783. The second kappa shape index (κ2) is 5.15. The first kappa shape index (κ1) is 13.0. The molecule has 0 aliphatic carbocycles. The van der Waals surface area contributed by atoms with E-state index in [0.29, 0.717) is 27.4 Å². The smallest absolute Gasteiger partial charge is 0.155 e. The van der Waals surface area contributed by atoms with E-state index < -0.39 is 0 Å². The molecule has 20 heavy (non-hydrogen) atoms. The van der Waals surface area contributed by atoms with Gasteiger partial charge in [0.15, 0.2) is 5.82 Å². The molecule has 0 saturated heterocycles. The lowest BCUT2D eigenvalue weighted by Crippen LogP contribution is -2.03. The molecule has 100 valence electrons. The number of nitrogens with zero attached hydrogens (tertiary/aromatic N) is 3. The van der Waals surface area contributed by atoms with Gasteiger partial charge in [-0.2, -0.15) is 9.78 Å². The summed E-state index contributed by atoms with van der Waals surface area (Å²) >= 11 is 12.1. The number of nitrogens with two attached hydrogens (primary N) is 1. The molecule has 3 aromatic rings. The topological polar surface area (TPSA) is 56.7 Å². The van der Waals surface area contributed by atoms with E-state index in [1.165, 1.54) is 0 Å². The highest BCUT2D eigenvalue weighted by Gasteiger charge is 2.12. The number of benzene rings is 1. The van der Waals surface area contributed by atoms with Crippen molar-refractivity contribution in [1.82, 2.24) is 14.8 Å². The van der Waals surface area contributed by atoms with Gasteiger partial charge in [-0.25, -0.2) is 4.98 Å². The van der Waals surface area contributed by atoms with Crippen molar-refractivity contribution < 1.29 is 0 Å². The Labute approximate surface area is 125 Å². The zero-order valence-electron chi connectivity index (χ0n) is 10.3. The molecule has 0 unspecified atom stereocenters. The first-order chi connectivity index (χ1) is 9.65. The maximum Gasteiger partial charge on any atom is 0.155 e. The van der Waals surface area contributed by atoms with Crippen LogP contribution in [0.25, 0.3) is 17.1 Å². The van der Waals surface area contributed by atoms with E-state index in [1.807, 2.05) is 24.3 Å². The Morgan fingerprint density at radius 1 is 1.05 bits per heavy atom. The monoisotopic (exact) mass is 304 g/mol. The van der Waals surface area contributed by atoms with Gasteiger partial charge in [-0.1, -0.05) is 29.3 Å². The molecule has 4 nitrogen and oxygen atoms in total. The van der Waals surface area contributed by atoms with Crippen LogP contribution < -0.4 is 5.73 Å². The SMILES string of the molecule is Nc1cc(-c2ccc(Cl)cc2Cl)nn1-c1ccccn1. The maximum atomic E-state index is 6.18. The fourth-order valence-electron chi connectivity index (χ4n) is 1.89. The molecule has 0 aliphatic rings. The van der Waals surface area contributed by atoms with Gasteiger partial charge >= 0.3 is 0 Å². The van der Waals surface area contributed by atoms with Gasteiger partial charge in [-0.05, 0) is 30.3 Å². The molecule has 0 spiro atoms. The van der Waals surface area contributed by atoms with Crippen molar-refractivity contribution in [3.05, 3.63) is 58.7 Å². The van der Waals surface area contributed by atoms with E-state index in [9.17, 15) is 0 Å². The van der Waals surface area contributed by atoms with Gasteiger partial charge in [0.2, 0.25) is 0 Å². The first-order valence-corrected chi connectivity index (χ1v) is 6.63. The number of hydrogen-bond acceptors (Lipinski definition) is 3. The predicted molar refractivity (Wildman–Crippen MR) is 81.2 cm³/mol. The van der Waals surface area contributed by atoms with E-state index >= 15 is 0 Å². The van der Waals surface area contributed by atoms with Gasteiger partial charge in [-0.15, -0.1) is 0 Å². The molecule has 0 aliphatic heterocycles. The summed E-state index contributed by atoms with van der Waals surface area (Å²) in [4.78, 5) is 4.22. The van der Waals surface area contributed by atoms with Gasteiger partial charge in [0.25, 0.3) is 0 Å². The molecular formula is C14H10Cl2N4. The Hall–Kier alpha value is -2.04. The molecule has 2 heterocycles. The highest BCUT2D eigenvalue weighted by molar-refractivity contribution is 6.36. The number of halogens is 2. The summed E-state index contributed by atoms with van der Waals surface area (Å²) in [6, 6.07) is 12.5. The third kappa shape index (κ3) is 2.35. The molecule has 0 bridgehead atoms. The third-order valence-corrected chi connectivity index (χ3v) is 3.36. The summed E-state index contributed by atoms with van der Waals surface area (Å²) in [5.41, 5.74) is 7.43. The molecule has 6 heteroatoms. The van der Waals surface area contributed by atoms with Crippen LogP contribution in [0.3, 0.4) is 0 Å². The Bertz CT molecular complexity index is 753. The molecule has 1 aromatic carbocycles. The zero-order valence-corrected chi connectivity index (χ0v) is 11.8. The van der Waals surface area contributed by atoms with Crippen LogP contribution >= 0.6 is 23.2 Å². The fourth-order valence-corrected chi connectivity index (χ4v) is 2.39. The minimum Gasteiger partial charge on any atom is -0.384 e. The molecule has 0 atom stereocenters. The average molecular weight is 305 g/mol. The van der Waals surface area contributed by atoms with Crippen LogP contribution in [0, 0.1) is 0 Å². The third-order valence-electron chi connectivity index (χ3n) is 2.81. The van der Waals surface area contributed by atoms with Crippen molar-refractivity contribution in [2.24, 2.45) is 0 Å². The Morgan fingerprint density at radius 3 is 2.60 bits per heavy atom. The average Bonchev–Trinajstić information content (AvgIpc) is 2.81. The van der Waals surface area contributed by atoms with Crippen molar-refractivity contribution in [3.63, 3.8) is 0 Å². The molecule has 0 radical (unpaired) electrons. The molecule has 2 aromatic heterocycles. The van der Waals surface area contributed by atoms with Crippen molar-refractivity contribution >= 4 is 29.0 Å². The molecule has 0 saturated carbocycles. The van der Waals surface area contributed by atoms with Gasteiger partial charge in [-0.3, -0.25) is 0 Å². The minimum atomic E-state index is 0.490. The summed E-state index contributed by atoms with van der Waals surface area (Å²) < 4.78 is 1.57. The number of pyridine rings is 1. The summed E-state index contributed by atoms with van der Waals surface area (Å²) in [6.45, 7) is 0. The molecule has 0 amide bonds. The summed E-state index contributed by atoms with van der Waals surface area (Å²) in [6.07, 6.45) is 1.69. The number of anilines is 1. The van der Waals surface area contributed by atoms with Gasteiger partial charge in [0, 0.05) is 22.8 Å². The lowest BCUT2D eigenvalue weighted by Gasteiger charge is -2.02. The summed E-state index contributed by atoms with van der Waals surface area (Å²) in [7, 11) is 0. The lowest BCUT2D eigenvalue weighted by molar-refractivity contribution is 0.860. The highest BCUT2D eigenvalue weighted by Crippen LogP contribution is 2.30. The van der Waals surface area contributed by atoms with Crippen LogP contribution in [-0.4, -0.2) is 14.8 Å². The maximum absolute atomic E-state index is 6.18. The van der Waals surface area contributed by atoms with Crippen molar-refractivity contribution in [2.75, 3.05) is 5.73 Å². The molecule has 0 fully saturated rings. The lowest BCUT2D eigenvalue weighted by atomic mass is 10.1. The Kier molecular flexibility index (Phi) is 3.34. The Balaban J connectivity index is 2.09. The number of hydrogen-bond donors (Lipinski definition) is 1. The number of aromatic nitrogens is 3. The zero-order chi connectivity index (χ0) is 14.1. The van der Waals surface area contributed by atoms with Crippen LogP contribution in [0.2, 0.25) is 10.0 Å². The van der Waals surface area contributed by atoms with Crippen LogP contribution in [0.5, 0.6) is 0 Å². The van der Waals surface area contributed by atoms with Crippen molar-refractivity contribution in [3.8, 4) is 17.1 Å². The second-order valence-corrected chi connectivity index (χ2v) is 5.02. The standard InChI is InChI=1S/C14H10Cl2N4/c15-9-4-5-10(11(16)7-9)12-8-13(17)20(19-12)14-3-1-2-6-18-14/h1-8H,17H2. The summed E-state index contributed by atoms with van der Waals surface area (Å²) in [5, 5.41) is 5.55. The predicted octanol–water partition coefficient (Wildman–Crippen LogP) is 3.82. The van der Waals surface area contributed by atoms with Crippen molar-refractivity contribution in [2.45, 2.75) is 0 Å². The first-order valence-electron chi connectivity index (χ1n) is 5.87. The van der Waals surface area contributed by atoms with Crippen molar-refractivity contribution in [1.29, 1.82) is 0 Å². The van der Waals surface area contributed by atoms with E-state index in [1.54, 1.807) is 29.1 Å². The van der Waals surface area contributed by atoms with E-state index in [4.69, 9.17) is 28.9 Å². The highest BCUT2D eigenvalue weighted by atomic mass is 35.5. The number of nitrogen functional groups attached to an aromatic ring is 1. The van der Waals surface area contributed by atoms with Crippen LogP contribution in [0.15, 0.2) is 48.7 Å². The van der Waals surface area contributed by atoms with Crippen LogP contribution in [-0.2, 0) is 0 Å².